The van der Waals surface area contributed by atoms with E-state index in [-0.39, 0.29) is 5.57 Å². The Hall–Kier alpha value is -2.20. The van der Waals surface area contributed by atoms with Crippen molar-refractivity contribution < 1.29 is 9.90 Å². The van der Waals surface area contributed by atoms with Crippen molar-refractivity contribution in [3.63, 3.8) is 0 Å². The summed E-state index contributed by atoms with van der Waals surface area (Å²) >= 11 is 1.75. The molecule has 2 aromatic rings. The van der Waals surface area contributed by atoms with Gasteiger partial charge in [-0.25, -0.2) is 4.79 Å². The van der Waals surface area contributed by atoms with Crippen molar-refractivity contribution >= 4 is 29.1 Å². The molecule has 0 saturated carbocycles. The summed E-state index contributed by atoms with van der Waals surface area (Å²) in [4.78, 5) is 15.5. The summed E-state index contributed by atoms with van der Waals surface area (Å²) in [5, 5.41) is 8.98. The quantitative estimate of drug-likeness (QED) is 0.853. The van der Waals surface area contributed by atoms with Crippen LogP contribution in [0.15, 0.2) is 70.5 Å². The number of fused-ring (bicyclic) bond motifs is 2. The maximum Gasteiger partial charge on any atom is 0.331 e. The number of nitrogens with zero attached hydrogens (tertiary/aromatic N) is 1. The second-order valence-corrected chi connectivity index (χ2v) is 5.93. The molecule has 0 atom stereocenters. The third-order valence-electron chi connectivity index (χ3n) is 3.47. The fourth-order valence-corrected chi connectivity index (χ4v) is 3.47. The lowest BCUT2D eigenvalue weighted by atomic mass is 10.1. The first-order valence-corrected chi connectivity index (χ1v) is 7.53. The number of carbonyl (C=O) groups is 1. The molecule has 0 unspecified atom stereocenters. The van der Waals surface area contributed by atoms with Gasteiger partial charge < -0.3 is 10.0 Å². The van der Waals surface area contributed by atoms with E-state index in [2.05, 4.69) is 35.7 Å². The molecule has 4 heteroatoms. The van der Waals surface area contributed by atoms with Crippen LogP contribution in [0.1, 0.15) is 6.42 Å². The van der Waals surface area contributed by atoms with Crippen molar-refractivity contribution in [2.24, 2.45) is 0 Å². The highest BCUT2D eigenvalue weighted by Crippen LogP contribution is 2.47. The molecule has 1 aliphatic rings. The third-order valence-corrected chi connectivity index (χ3v) is 4.60. The van der Waals surface area contributed by atoms with E-state index in [1.807, 2.05) is 24.3 Å². The topological polar surface area (TPSA) is 40.5 Å². The van der Waals surface area contributed by atoms with Gasteiger partial charge in [-0.15, -0.1) is 0 Å². The highest BCUT2D eigenvalue weighted by molar-refractivity contribution is 7.99. The van der Waals surface area contributed by atoms with E-state index in [0.717, 1.165) is 11.4 Å². The first kappa shape index (κ1) is 13.8. The van der Waals surface area contributed by atoms with Crippen molar-refractivity contribution in [1.82, 2.24) is 0 Å². The average molecular weight is 297 g/mol. The Morgan fingerprint density at radius 1 is 1.05 bits per heavy atom. The number of carboxylic acid groups (broad SMARTS) is 1. The fraction of sp³-hybridized carbons (Fsp3) is 0.118. The molecule has 106 valence electrons. The van der Waals surface area contributed by atoms with Crippen LogP contribution in [0.2, 0.25) is 0 Å². The molecule has 0 saturated heterocycles. The van der Waals surface area contributed by atoms with Crippen LogP contribution in [0, 0.1) is 0 Å². The molecule has 0 fully saturated rings. The molecule has 3 rings (SSSR count). The molecule has 0 aromatic heterocycles. The summed E-state index contributed by atoms with van der Waals surface area (Å²) < 4.78 is 0. The summed E-state index contributed by atoms with van der Waals surface area (Å²) in [6, 6.07) is 16.4. The summed E-state index contributed by atoms with van der Waals surface area (Å²) in [7, 11) is 0. The molecule has 0 radical (unpaired) electrons. The number of para-hydroxylation sites is 2. The summed E-state index contributed by atoms with van der Waals surface area (Å²) in [5.74, 6) is -0.928. The Morgan fingerprint density at radius 3 is 2.10 bits per heavy atom. The zero-order valence-corrected chi connectivity index (χ0v) is 12.3. The molecule has 2 aromatic carbocycles. The lowest BCUT2D eigenvalue weighted by molar-refractivity contribution is -0.132. The highest BCUT2D eigenvalue weighted by atomic mass is 32.2. The van der Waals surface area contributed by atoms with E-state index in [0.29, 0.717) is 13.0 Å². The van der Waals surface area contributed by atoms with Crippen LogP contribution in [-0.2, 0) is 4.79 Å². The van der Waals surface area contributed by atoms with Crippen molar-refractivity contribution in [3.05, 3.63) is 60.7 Å². The second-order valence-electron chi connectivity index (χ2n) is 4.85. The average Bonchev–Trinajstić information content (AvgIpc) is 2.51. The molecule has 1 heterocycles. The molecule has 0 bridgehead atoms. The van der Waals surface area contributed by atoms with Crippen molar-refractivity contribution in [3.8, 4) is 0 Å². The predicted molar refractivity (Wildman–Crippen MR) is 85.4 cm³/mol. The standard InChI is InChI=1S/C17H15NO2S/c1-12(17(19)20)10-11-18-13-6-2-4-8-15(13)21-16-9-5-3-7-14(16)18/h2-9H,1,10-11H2,(H,19,20). The number of carboxylic acids is 1. The number of anilines is 2. The number of benzene rings is 2. The van der Waals surface area contributed by atoms with Crippen LogP contribution in [0.4, 0.5) is 11.4 Å². The summed E-state index contributed by atoms with van der Waals surface area (Å²) in [6.07, 6.45) is 0.433. The minimum Gasteiger partial charge on any atom is -0.478 e. The maximum absolute atomic E-state index is 10.9. The molecule has 0 amide bonds. The zero-order chi connectivity index (χ0) is 14.8. The third kappa shape index (κ3) is 2.67. The minimum absolute atomic E-state index is 0.239. The summed E-state index contributed by atoms with van der Waals surface area (Å²) in [6.45, 7) is 4.23. The maximum atomic E-state index is 10.9. The van der Waals surface area contributed by atoms with Crippen LogP contribution in [0.5, 0.6) is 0 Å². The Balaban J connectivity index is 1.95. The molecule has 3 nitrogen and oxygen atoms in total. The Bertz CT molecular complexity index is 666. The van der Waals surface area contributed by atoms with Gasteiger partial charge in [0, 0.05) is 21.9 Å². The molecule has 1 aliphatic heterocycles. The molecule has 1 N–H and O–H groups in total. The lowest BCUT2D eigenvalue weighted by Crippen LogP contribution is -2.23. The van der Waals surface area contributed by atoms with Gasteiger partial charge in [0.05, 0.1) is 11.4 Å². The van der Waals surface area contributed by atoms with Gasteiger partial charge in [0.2, 0.25) is 0 Å². The SMILES string of the molecule is C=C(CCN1c2ccccc2Sc2ccccc21)C(=O)O. The second kappa shape index (κ2) is 5.66. The fourth-order valence-electron chi connectivity index (χ4n) is 2.38. The molecule has 0 aliphatic carbocycles. The van der Waals surface area contributed by atoms with Crippen LogP contribution in [0.3, 0.4) is 0 Å². The van der Waals surface area contributed by atoms with Crippen molar-refractivity contribution in [1.29, 1.82) is 0 Å². The Kier molecular flexibility index (Phi) is 3.71. The predicted octanol–water partition coefficient (Wildman–Crippen LogP) is 4.32. The lowest BCUT2D eigenvalue weighted by Gasteiger charge is -2.32. The van der Waals surface area contributed by atoms with Gasteiger partial charge >= 0.3 is 5.97 Å². The number of aliphatic carboxylic acids is 1. The monoisotopic (exact) mass is 297 g/mol. The molecule has 0 spiro atoms. The minimum atomic E-state index is -0.928. The first-order valence-electron chi connectivity index (χ1n) is 6.71. The van der Waals surface area contributed by atoms with Gasteiger partial charge in [-0.1, -0.05) is 42.6 Å². The largest absolute Gasteiger partial charge is 0.478 e. The van der Waals surface area contributed by atoms with E-state index < -0.39 is 5.97 Å². The zero-order valence-electron chi connectivity index (χ0n) is 11.5. The van der Waals surface area contributed by atoms with Gasteiger partial charge in [-0.2, -0.15) is 0 Å². The van der Waals surface area contributed by atoms with E-state index in [9.17, 15) is 4.79 Å². The summed E-state index contributed by atoms with van der Waals surface area (Å²) in [5.41, 5.74) is 2.49. The first-order chi connectivity index (χ1) is 10.2. The van der Waals surface area contributed by atoms with Gasteiger partial charge in [0.25, 0.3) is 0 Å². The molecular formula is C17H15NO2S. The van der Waals surface area contributed by atoms with E-state index in [4.69, 9.17) is 5.11 Å². The van der Waals surface area contributed by atoms with Crippen molar-refractivity contribution in [2.75, 3.05) is 11.4 Å². The number of rotatable bonds is 4. The molecule has 21 heavy (non-hydrogen) atoms. The van der Waals surface area contributed by atoms with Gasteiger partial charge in [0.15, 0.2) is 0 Å². The van der Waals surface area contributed by atoms with E-state index in [1.54, 1.807) is 11.8 Å². The van der Waals surface area contributed by atoms with Crippen molar-refractivity contribution in [2.45, 2.75) is 16.2 Å². The number of hydrogen-bond donors (Lipinski definition) is 1. The van der Waals surface area contributed by atoms with Crippen LogP contribution >= 0.6 is 11.8 Å². The smallest absolute Gasteiger partial charge is 0.331 e. The van der Waals surface area contributed by atoms with Crippen LogP contribution in [-0.4, -0.2) is 17.6 Å². The number of hydrogen-bond acceptors (Lipinski definition) is 3. The Morgan fingerprint density at radius 2 is 1.57 bits per heavy atom. The van der Waals surface area contributed by atoms with Crippen LogP contribution < -0.4 is 4.90 Å². The van der Waals surface area contributed by atoms with Gasteiger partial charge in [0.1, 0.15) is 0 Å². The Labute approximate surface area is 127 Å². The highest BCUT2D eigenvalue weighted by Gasteiger charge is 2.22. The van der Waals surface area contributed by atoms with E-state index in [1.165, 1.54) is 9.79 Å². The van der Waals surface area contributed by atoms with E-state index >= 15 is 0 Å². The van der Waals surface area contributed by atoms with Gasteiger partial charge in [-0.05, 0) is 30.7 Å². The normalized spacial score (nSPS) is 12.5. The van der Waals surface area contributed by atoms with Crippen LogP contribution in [0.25, 0.3) is 0 Å². The molecular weight excluding hydrogens is 282 g/mol. The van der Waals surface area contributed by atoms with Gasteiger partial charge in [-0.3, -0.25) is 0 Å².